The van der Waals surface area contributed by atoms with Crippen LogP contribution in [0.2, 0.25) is 0 Å². The lowest BCUT2D eigenvalue weighted by Gasteiger charge is -2.05. The zero-order chi connectivity index (χ0) is 10.3. The molecule has 13 heavy (non-hydrogen) atoms. The highest BCUT2D eigenvalue weighted by atomic mass is 16.3. The molecule has 0 rings (SSSR count). The summed E-state index contributed by atoms with van der Waals surface area (Å²) in [5.41, 5.74) is -0.431. The molecule has 0 aromatic rings. The van der Waals surface area contributed by atoms with Crippen LogP contribution in [0.1, 0.15) is 20.8 Å². The van der Waals surface area contributed by atoms with Crippen LogP contribution in [0.15, 0.2) is 29.9 Å². The molecular weight excluding hydrogens is 162 g/mol. The molecule has 1 N–H and O–H groups in total. The number of hydrogen-bond acceptors (Lipinski definition) is 2. The van der Waals surface area contributed by atoms with Gasteiger partial charge in [0, 0.05) is 6.20 Å². The molecule has 0 aliphatic heterocycles. The number of rotatable bonds is 2. The van der Waals surface area contributed by atoms with Gasteiger partial charge >= 0.3 is 0 Å². The summed E-state index contributed by atoms with van der Waals surface area (Å²) in [4.78, 5) is 4.00. The fourth-order valence-corrected chi connectivity index (χ4v) is 0.508. The maximum Gasteiger partial charge on any atom is 0.120 e. The standard InChI is InChI=1S/C11H15NO/c1-5-9-12-10(6-2)7-8-11(3,4)13/h5-6,9,13H,2H2,1,3-4H3/b9-5-,12-10?. The smallest absolute Gasteiger partial charge is 0.120 e. The van der Waals surface area contributed by atoms with Crippen molar-refractivity contribution >= 4 is 5.71 Å². The van der Waals surface area contributed by atoms with Crippen molar-refractivity contribution in [2.45, 2.75) is 26.4 Å². The van der Waals surface area contributed by atoms with E-state index in [1.165, 1.54) is 0 Å². The zero-order valence-electron chi connectivity index (χ0n) is 8.33. The summed E-state index contributed by atoms with van der Waals surface area (Å²) in [6.07, 6.45) is 4.99. The average molecular weight is 177 g/mol. The zero-order valence-corrected chi connectivity index (χ0v) is 8.33. The summed E-state index contributed by atoms with van der Waals surface area (Å²) in [6, 6.07) is 0. The van der Waals surface area contributed by atoms with E-state index < -0.39 is 5.60 Å². The normalized spacial score (nSPS) is 12.5. The van der Waals surface area contributed by atoms with E-state index >= 15 is 0 Å². The van der Waals surface area contributed by atoms with Gasteiger partial charge in [0.25, 0.3) is 0 Å². The molecule has 0 heterocycles. The minimum atomic E-state index is -0.986. The Balaban J connectivity index is 4.61. The third-order valence-corrected chi connectivity index (χ3v) is 1.05. The molecule has 0 saturated carbocycles. The first-order chi connectivity index (χ1) is 5.99. The fourth-order valence-electron chi connectivity index (χ4n) is 0.508. The Kier molecular flexibility index (Phi) is 4.79. The van der Waals surface area contributed by atoms with Gasteiger partial charge in [0.1, 0.15) is 11.3 Å². The molecule has 0 aliphatic rings. The lowest BCUT2D eigenvalue weighted by Crippen LogP contribution is -2.15. The summed E-state index contributed by atoms with van der Waals surface area (Å²) < 4.78 is 0. The third kappa shape index (κ3) is 7.04. The molecule has 2 heteroatoms. The Bertz CT molecular complexity index is 281. The van der Waals surface area contributed by atoms with Gasteiger partial charge in [0.05, 0.1) is 0 Å². The number of nitrogens with zero attached hydrogens (tertiary/aromatic N) is 1. The second kappa shape index (κ2) is 5.34. The van der Waals surface area contributed by atoms with Crippen LogP contribution in [0.4, 0.5) is 0 Å². The van der Waals surface area contributed by atoms with Crippen LogP contribution in [-0.4, -0.2) is 16.4 Å². The summed E-state index contributed by atoms with van der Waals surface area (Å²) in [5.74, 6) is 5.38. The first kappa shape index (κ1) is 11.7. The minimum absolute atomic E-state index is 0.556. The van der Waals surface area contributed by atoms with Crippen LogP contribution < -0.4 is 0 Å². The van der Waals surface area contributed by atoms with Crippen molar-refractivity contribution in [1.82, 2.24) is 0 Å². The fraction of sp³-hybridized carbons (Fsp3) is 0.364. The van der Waals surface area contributed by atoms with Gasteiger partial charge in [-0.15, -0.1) is 0 Å². The predicted octanol–water partition coefficient (Wildman–Crippen LogP) is 1.92. The van der Waals surface area contributed by atoms with Gasteiger partial charge in [0.15, 0.2) is 0 Å². The Morgan fingerprint density at radius 1 is 1.54 bits per heavy atom. The molecule has 0 aliphatic carbocycles. The highest BCUT2D eigenvalue weighted by molar-refractivity contribution is 6.08. The van der Waals surface area contributed by atoms with Crippen molar-refractivity contribution in [2.75, 3.05) is 0 Å². The van der Waals surface area contributed by atoms with Gasteiger partial charge in [-0.1, -0.05) is 18.6 Å². The highest BCUT2D eigenvalue weighted by Crippen LogP contribution is 1.96. The number of aliphatic hydroxyl groups is 1. The summed E-state index contributed by atoms with van der Waals surface area (Å²) >= 11 is 0. The predicted molar refractivity (Wildman–Crippen MR) is 56.5 cm³/mol. The van der Waals surface area contributed by atoms with Gasteiger partial charge in [-0.2, -0.15) is 0 Å². The largest absolute Gasteiger partial charge is 0.378 e. The van der Waals surface area contributed by atoms with E-state index in [2.05, 4.69) is 23.4 Å². The van der Waals surface area contributed by atoms with E-state index in [1.807, 2.05) is 6.92 Å². The van der Waals surface area contributed by atoms with Crippen LogP contribution >= 0.6 is 0 Å². The summed E-state index contributed by atoms with van der Waals surface area (Å²) in [6.45, 7) is 8.68. The summed E-state index contributed by atoms with van der Waals surface area (Å²) in [7, 11) is 0. The van der Waals surface area contributed by atoms with Crippen LogP contribution in [0.5, 0.6) is 0 Å². The van der Waals surface area contributed by atoms with Crippen molar-refractivity contribution < 1.29 is 5.11 Å². The van der Waals surface area contributed by atoms with Crippen molar-refractivity contribution in [3.05, 3.63) is 24.9 Å². The summed E-state index contributed by atoms with van der Waals surface area (Å²) in [5, 5.41) is 9.31. The monoisotopic (exact) mass is 177 g/mol. The van der Waals surface area contributed by atoms with Crippen LogP contribution in [0.25, 0.3) is 0 Å². The Morgan fingerprint density at radius 3 is 2.54 bits per heavy atom. The highest BCUT2D eigenvalue weighted by Gasteiger charge is 2.05. The van der Waals surface area contributed by atoms with Crippen molar-refractivity contribution in [3.8, 4) is 11.8 Å². The lowest BCUT2D eigenvalue weighted by molar-refractivity contribution is 0.143. The Hall–Kier alpha value is -1.33. The SMILES string of the molecule is C=CC(C#CC(C)(C)O)=N/C=C\C. The molecule has 0 radical (unpaired) electrons. The van der Waals surface area contributed by atoms with E-state index in [0.717, 1.165) is 0 Å². The van der Waals surface area contributed by atoms with Gasteiger partial charge in [-0.05, 0) is 32.8 Å². The van der Waals surface area contributed by atoms with Crippen LogP contribution in [-0.2, 0) is 0 Å². The lowest BCUT2D eigenvalue weighted by atomic mass is 10.1. The second-order valence-corrected chi connectivity index (χ2v) is 3.01. The third-order valence-electron chi connectivity index (χ3n) is 1.05. The van der Waals surface area contributed by atoms with Crippen LogP contribution in [0, 0.1) is 11.8 Å². The van der Waals surface area contributed by atoms with E-state index in [4.69, 9.17) is 0 Å². The van der Waals surface area contributed by atoms with Crippen molar-refractivity contribution in [3.63, 3.8) is 0 Å². The molecule has 0 atom stereocenters. The molecule has 0 fully saturated rings. The molecule has 0 saturated heterocycles. The molecule has 0 bridgehead atoms. The molecule has 0 unspecified atom stereocenters. The Morgan fingerprint density at radius 2 is 2.15 bits per heavy atom. The molecule has 2 nitrogen and oxygen atoms in total. The van der Waals surface area contributed by atoms with Crippen LogP contribution in [0.3, 0.4) is 0 Å². The molecule has 0 aromatic heterocycles. The van der Waals surface area contributed by atoms with Gasteiger partial charge in [-0.3, -0.25) is 0 Å². The maximum absolute atomic E-state index is 9.31. The average Bonchev–Trinajstić information content (AvgIpc) is 2.03. The minimum Gasteiger partial charge on any atom is -0.378 e. The van der Waals surface area contributed by atoms with Crippen molar-refractivity contribution in [1.29, 1.82) is 0 Å². The van der Waals surface area contributed by atoms with E-state index in [-0.39, 0.29) is 0 Å². The quantitative estimate of drug-likeness (QED) is 0.507. The molecule has 0 amide bonds. The van der Waals surface area contributed by atoms with E-state index in [9.17, 15) is 5.11 Å². The first-order valence-corrected chi connectivity index (χ1v) is 4.06. The van der Waals surface area contributed by atoms with Gasteiger partial charge < -0.3 is 5.11 Å². The Labute approximate surface area is 79.7 Å². The molecule has 70 valence electrons. The van der Waals surface area contributed by atoms with Crippen molar-refractivity contribution in [2.24, 2.45) is 4.99 Å². The number of aliphatic imine (C=N–C) groups is 1. The van der Waals surface area contributed by atoms with E-state index in [0.29, 0.717) is 5.71 Å². The second-order valence-electron chi connectivity index (χ2n) is 3.01. The number of allylic oxidation sites excluding steroid dienone is 2. The van der Waals surface area contributed by atoms with Gasteiger partial charge in [0.2, 0.25) is 0 Å². The van der Waals surface area contributed by atoms with Gasteiger partial charge in [-0.25, -0.2) is 4.99 Å². The molecular formula is C11H15NO. The van der Waals surface area contributed by atoms with E-state index in [1.54, 1.807) is 32.2 Å². The molecule has 0 spiro atoms. The molecule has 0 aromatic carbocycles. The first-order valence-electron chi connectivity index (χ1n) is 4.06. The number of hydrogen-bond donors (Lipinski definition) is 1. The maximum atomic E-state index is 9.31. The topological polar surface area (TPSA) is 32.6 Å².